The molecule has 0 aliphatic heterocycles. The second kappa shape index (κ2) is 6.10. The van der Waals surface area contributed by atoms with Gasteiger partial charge in [-0.1, -0.05) is 17.7 Å². The molecule has 0 aliphatic carbocycles. The fourth-order valence-corrected chi connectivity index (χ4v) is 2.09. The third kappa shape index (κ3) is 3.49. The minimum atomic E-state index is -0.696. The minimum absolute atomic E-state index is 0.00696. The highest BCUT2D eigenvalue weighted by Gasteiger charge is 2.16. The molecule has 2 rings (SSSR count). The summed E-state index contributed by atoms with van der Waals surface area (Å²) in [5, 5.41) is 0.427. The number of anilines is 1. The Balaban J connectivity index is 2.19. The molecule has 0 aromatic heterocycles. The molecule has 0 atom stereocenters. The van der Waals surface area contributed by atoms with Crippen molar-refractivity contribution in [3.63, 3.8) is 0 Å². The van der Waals surface area contributed by atoms with Crippen LogP contribution in [0.3, 0.4) is 0 Å². The topological polar surface area (TPSA) is 46.3 Å². The number of amides is 1. The number of halogens is 3. The fraction of sp³-hybridized carbons (Fsp3) is 0.133. The van der Waals surface area contributed by atoms with Gasteiger partial charge in [0, 0.05) is 35.9 Å². The Hall–Kier alpha value is -2.14. The van der Waals surface area contributed by atoms with Crippen molar-refractivity contribution in [2.45, 2.75) is 6.54 Å². The highest BCUT2D eigenvalue weighted by atomic mass is 35.5. The average molecular weight is 311 g/mol. The molecule has 21 heavy (non-hydrogen) atoms. The van der Waals surface area contributed by atoms with E-state index in [1.807, 2.05) is 0 Å². The standard InChI is InChI=1S/C15H13ClF2N2O/c1-20(8-9-2-4-11(17)7-13(9)18)15(21)12-5-3-10(16)6-14(12)19/h2-7H,8,19H2,1H3. The Morgan fingerprint density at radius 2 is 1.95 bits per heavy atom. The van der Waals surface area contributed by atoms with Gasteiger partial charge in [-0.05, 0) is 24.3 Å². The Bertz CT molecular complexity index is 691. The number of hydrogen-bond acceptors (Lipinski definition) is 2. The smallest absolute Gasteiger partial charge is 0.255 e. The van der Waals surface area contributed by atoms with Crippen LogP contribution in [0.1, 0.15) is 15.9 Å². The van der Waals surface area contributed by atoms with Gasteiger partial charge < -0.3 is 10.6 Å². The zero-order valence-corrected chi connectivity index (χ0v) is 12.0. The molecule has 2 aromatic rings. The summed E-state index contributed by atoms with van der Waals surface area (Å²) in [5.74, 6) is -1.72. The number of carbonyl (C=O) groups excluding carboxylic acids is 1. The zero-order chi connectivity index (χ0) is 15.6. The maximum Gasteiger partial charge on any atom is 0.255 e. The summed E-state index contributed by atoms with van der Waals surface area (Å²) in [4.78, 5) is 13.6. The van der Waals surface area contributed by atoms with Crippen LogP contribution in [0.15, 0.2) is 36.4 Å². The quantitative estimate of drug-likeness (QED) is 0.882. The third-order valence-corrected chi connectivity index (χ3v) is 3.25. The summed E-state index contributed by atoms with van der Waals surface area (Å²) in [7, 11) is 1.51. The second-order valence-corrected chi connectivity index (χ2v) is 5.06. The molecule has 6 heteroatoms. The van der Waals surface area contributed by atoms with E-state index in [1.54, 1.807) is 6.07 Å². The molecular weight excluding hydrogens is 298 g/mol. The van der Waals surface area contributed by atoms with Crippen LogP contribution in [0.4, 0.5) is 14.5 Å². The van der Waals surface area contributed by atoms with E-state index in [4.69, 9.17) is 17.3 Å². The van der Waals surface area contributed by atoms with Gasteiger partial charge in [0.25, 0.3) is 5.91 Å². The van der Waals surface area contributed by atoms with Gasteiger partial charge in [0.05, 0.1) is 5.56 Å². The molecule has 2 aromatic carbocycles. The molecule has 1 amide bonds. The van der Waals surface area contributed by atoms with E-state index in [9.17, 15) is 13.6 Å². The highest BCUT2D eigenvalue weighted by molar-refractivity contribution is 6.31. The Kier molecular flexibility index (Phi) is 4.43. The van der Waals surface area contributed by atoms with Gasteiger partial charge in [-0.2, -0.15) is 0 Å². The van der Waals surface area contributed by atoms with Crippen molar-refractivity contribution >= 4 is 23.2 Å². The number of nitrogen functional groups attached to an aromatic ring is 1. The van der Waals surface area contributed by atoms with Gasteiger partial charge in [-0.25, -0.2) is 8.78 Å². The number of nitrogens with zero attached hydrogens (tertiary/aromatic N) is 1. The molecule has 0 saturated heterocycles. The molecule has 0 fully saturated rings. The molecule has 110 valence electrons. The first-order chi connectivity index (χ1) is 9.88. The third-order valence-electron chi connectivity index (χ3n) is 3.01. The van der Waals surface area contributed by atoms with Gasteiger partial charge in [-0.3, -0.25) is 4.79 Å². The first-order valence-corrected chi connectivity index (χ1v) is 6.50. The lowest BCUT2D eigenvalue weighted by molar-refractivity contribution is 0.0785. The maximum absolute atomic E-state index is 13.6. The maximum atomic E-state index is 13.6. The zero-order valence-electron chi connectivity index (χ0n) is 11.2. The summed E-state index contributed by atoms with van der Waals surface area (Å²) in [6.45, 7) is 0.00696. The molecule has 0 saturated carbocycles. The molecule has 0 aliphatic rings. The highest BCUT2D eigenvalue weighted by Crippen LogP contribution is 2.20. The summed E-state index contributed by atoms with van der Waals surface area (Å²) >= 11 is 5.78. The molecule has 0 bridgehead atoms. The number of benzene rings is 2. The van der Waals surface area contributed by atoms with Crippen molar-refractivity contribution in [1.82, 2.24) is 4.90 Å². The lowest BCUT2D eigenvalue weighted by Gasteiger charge is -2.18. The fourth-order valence-electron chi connectivity index (χ4n) is 1.91. The van der Waals surface area contributed by atoms with Crippen molar-refractivity contribution < 1.29 is 13.6 Å². The van der Waals surface area contributed by atoms with Gasteiger partial charge >= 0.3 is 0 Å². The predicted octanol–water partition coefficient (Wildman–Crippen LogP) is 3.47. The van der Waals surface area contributed by atoms with E-state index in [0.717, 1.165) is 12.1 Å². The van der Waals surface area contributed by atoms with Gasteiger partial charge in [0.2, 0.25) is 0 Å². The summed E-state index contributed by atoms with van der Waals surface area (Å²) in [6, 6.07) is 7.77. The van der Waals surface area contributed by atoms with Gasteiger partial charge in [0.1, 0.15) is 11.6 Å². The first-order valence-electron chi connectivity index (χ1n) is 6.13. The number of rotatable bonds is 3. The number of carbonyl (C=O) groups is 1. The lowest BCUT2D eigenvalue weighted by atomic mass is 10.1. The molecular formula is C15H13ClF2N2O. The van der Waals surface area contributed by atoms with Crippen LogP contribution < -0.4 is 5.73 Å². The SMILES string of the molecule is CN(Cc1ccc(F)cc1F)C(=O)c1ccc(Cl)cc1N. The largest absolute Gasteiger partial charge is 0.398 e. The Morgan fingerprint density at radius 3 is 2.57 bits per heavy atom. The van der Waals surface area contributed by atoms with Crippen LogP contribution >= 0.6 is 11.6 Å². The van der Waals surface area contributed by atoms with E-state index in [1.165, 1.54) is 30.1 Å². The van der Waals surface area contributed by atoms with Crippen LogP contribution in [0.2, 0.25) is 5.02 Å². The molecule has 0 unspecified atom stereocenters. The van der Waals surface area contributed by atoms with Gasteiger partial charge in [-0.15, -0.1) is 0 Å². The van der Waals surface area contributed by atoms with Crippen LogP contribution in [-0.4, -0.2) is 17.9 Å². The van der Waals surface area contributed by atoms with Crippen LogP contribution in [0.5, 0.6) is 0 Å². The number of hydrogen-bond donors (Lipinski definition) is 1. The van der Waals surface area contributed by atoms with Crippen LogP contribution in [0.25, 0.3) is 0 Å². The average Bonchev–Trinajstić information content (AvgIpc) is 2.41. The summed E-state index contributed by atoms with van der Waals surface area (Å²) in [6.07, 6.45) is 0. The van der Waals surface area contributed by atoms with Crippen molar-refractivity contribution in [2.24, 2.45) is 0 Å². The van der Waals surface area contributed by atoms with E-state index >= 15 is 0 Å². The summed E-state index contributed by atoms with van der Waals surface area (Å²) < 4.78 is 26.4. The van der Waals surface area contributed by atoms with E-state index in [0.29, 0.717) is 5.02 Å². The number of nitrogens with two attached hydrogens (primary N) is 1. The molecule has 0 heterocycles. The van der Waals surface area contributed by atoms with Crippen LogP contribution in [-0.2, 0) is 6.54 Å². The Labute approximate surface area is 125 Å². The molecule has 0 radical (unpaired) electrons. The molecule has 0 spiro atoms. The molecule has 2 N–H and O–H groups in total. The van der Waals surface area contributed by atoms with Crippen molar-refractivity contribution in [2.75, 3.05) is 12.8 Å². The van der Waals surface area contributed by atoms with E-state index < -0.39 is 11.6 Å². The lowest BCUT2D eigenvalue weighted by Crippen LogP contribution is -2.27. The predicted molar refractivity (Wildman–Crippen MR) is 78.0 cm³/mol. The normalized spacial score (nSPS) is 10.5. The summed E-state index contributed by atoms with van der Waals surface area (Å²) in [5.41, 5.74) is 6.50. The first kappa shape index (κ1) is 15.3. The molecule has 3 nitrogen and oxygen atoms in total. The van der Waals surface area contributed by atoms with Gasteiger partial charge in [0.15, 0.2) is 0 Å². The van der Waals surface area contributed by atoms with Crippen molar-refractivity contribution in [3.05, 3.63) is 64.2 Å². The second-order valence-electron chi connectivity index (χ2n) is 4.63. The van der Waals surface area contributed by atoms with E-state index in [-0.39, 0.29) is 29.3 Å². The van der Waals surface area contributed by atoms with Crippen molar-refractivity contribution in [3.8, 4) is 0 Å². The minimum Gasteiger partial charge on any atom is -0.398 e. The van der Waals surface area contributed by atoms with Crippen molar-refractivity contribution in [1.29, 1.82) is 0 Å². The monoisotopic (exact) mass is 310 g/mol. The van der Waals surface area contributed by atoms with E-state index in [2.05, 4.69) is 0 Å². The Morgan fingerprint density at radius 1 is 1.24 bits per heavy atom. The van der Waals surface area contributed by atoms with Crippen LogP contribution in [0, 0.1) is 11.6 Å².